The molecule has 0 bridgehead atoms. The van der Waals surface area contributed by atoms with Gasteiger partial charge in [0, 0.05) is 5.56 Å². The highest BCUT2D eigenvalue weighted by molar-refractivity contribution is 5.21. The Morgan fingerprint density at radius 3 is 3.14 bits per heavy atom. The zero-order chi connectivity index (χ0) is 10.1. The van der Waals surface area contributed by atoms with Crippen molar-refractivity contribution in [2.75, 3.05) is 6.54 Å². The van der Waals surface area contributed by atoms with E-state index in [0.29, 0.717) is 18.3 Å². The fourth-order valence-electron chi connectivity index (χ4n) is 2.02. The van der Waals surface area contributed by atoms with Gasteiger partial charge in [0.2, 0.25) is 0 Å². The van der Waals surface area contributed by atoms with E-state index >= 15 is 0 Å². The highest BCUT2D eigenvalue weighted by Gasteiger charge is 2.21. The van der Waals surface area contributed by atoms with Crippen LogP contribution in [0.1, 0.15) is 23.5 Å². The molecule has 14 heavy (non-hydrogen) atoms. The molecule has 0 radical (unpaired) electrons. The summed E-state index contributed by atoms with van der Waals surface area (Å²) in [5.41, 5.74) is 7.44. The second-order valence-electron chi connectivity index (χ2n) is 3.92. The molecule has 2 rings (SSSR count). The van der Waals surface area contributed by atoms with E-state index in [-0.39, 0.29) is 5.56 Å². The van der Waals surface area contributed by atoms with Crippen LogP contribution in [0.5, 0.6) is 0 Å². The number of fused-ring (bicyclic) bond motifs is 1. The molecule has 1 aliphatic carbocycles. The number of hydrogen-bond acceptors (Lipinski definition) is 3. The number of nitrogens with zero attached hydrogens (tertiary/aromatic N) is 1. The third-order valence-corrected chi connectivity index (χ3v) is 2.84. The molecule has 1 aromatic heterocycles. The van der Waals surface area contributed by atoms with Crippen molar-refractivity contribution in [1.29, 1.82) is 0 Å². The van der Waals surface area contributed by atoms with Crippen LogP contribution in [0.4, 0.5) is 0 Å². The minimum Gasteiger partial charge on any atom is -0.330 e. The Morgan fingerprint density at radius 2 is 2.43 bits per heavy atom. The lowest BCUT2D eigenvalue weighted by Gasteiger charge is -2.21. The Kier molecular flexibility index (Phi) is 2.37. The number of aromatic nitrogens is 2. The van der Waals surface area contributed by atoms with E-state index in [9.17, 15) is 4.79 Å². The molecule has 1 heterocycles. The average molecular weight is 193 g/mol. The van der Waals surface area contributed by atoms with E-state index in [1.807, 2.05) is 6.92 Å². The molecule has 0 amide bonds. The number of H-pyrrole nitrogens is 1. The van der Waals surface area contributed by atoms with Crippen LogP contribution in [-0.4, -0.2) is 16.5 Å². The summed E-state index contributed by atoms with van der Waals surface area (Å²) in [6.07, 6.45) is 2.73. The molecule has 1 atom stereocenters. The molecule has 3 N–H and O–H groups in total. The van der Waals surface area contributed by atoms with Crippen LogP contribution in [0.2, 0.25) is 0 Å². The minimum absolute atomic E-state index is 0.0191. The van der Waals surface area contributed by atoms with Gasteiger partial charge < -0.3 is 10.7 Å². The average Bonchev–Trinajstić information content (AvgIpc) is 2.17. The maximum atomic E-state index is 11.6. The summed E-state index contributed by atoms with van der Waals surface area (Å²) in [6.45, 7) is 2.48. The quantitative estimate of drug-likeness (QED) is 0.666. The van der Waals surface area contributed by atoms with Gasteiger partial charge in [-0.2, -0.15) is 0 Å². The van der Waals surface area contributed by atoms with E-state index < -0.39 is 0 Å². The molecule has 4 heteroatoms. The normalized spacial score (nSPS) is 20.6. The molecule has 4 nitrogen and oxygen atoms in total. The molecular weight excluding hydrogens is 178 g/mol. The predicted molar refractivity (Wildman–Crippen MR) is 54.2 cm³/mol. The Labute approximate surface area is 82.6 Å². The maximum Gasteiger partial charge on any atom is 0.254 e. The summed E-state index contributed by atoms with van der Waals surface area (Å²) in [6, 6.07) is 0. The topological polar surface area (TPSA) is 71.8 Å². The number of nitrogens with two attached hydrogens (primary N) is 1. The number of hydrogen-bond donors (Lipinski definition) is 2. The third kappa shape index (κ3) is 1.57. The van der Waals surface area contributed by atoms with Gasteiger partial charge in [-0.25, -0.2) is 4.98 Å². The van der Waals surface area contributed by atoms with Crippen LogP contribution < -0.4 is 11.3 Å². The van der Waals surface area contributed by atoms with Crippen molar-refractivity contribution in [2.24, 2.45) is 11.7 Å². The third-order valence-electron chi connectivity index (χ3n) is 2.84. The predicted octanol–water partition coefficient (Wildman–Crippen LogP) is 0.142. The SMILES string of the molecule is Cc1nc2c(c(=O)[nH]1)CC(CN)CC2. The van der Waals surface area contributed by atoms with Gasteiger partial charge in [0.05, 0.1) is 5.69 Å². The zero-order valence-corrected chi connectivity index (χ0v) is 8.34. The molecule has 1 aliphatic rings. The lowest BCUT2D eigenvalue weighted by Crippen LogP contribution is -2.29. The highest BCUT2D eigenvalue weighted by Crippen LogP contribution is 2.20. The van der Waals surface area contributed by atoms with Crippen molar-refractivity contribution in [3.8, 4) is 0 Å². The molecule has 0 saturated carbocycles. The summed E-state index contributed by atoms with van der Waals surface area (Å²) >= 11 is 0. The van der Waals surface area contributed by atoms with Gasteiger partial charge in [-0.05, 0) is 38.6 Å². The van der Waals surface area contributed by atoms with Gasteiger partial charge >= 0.3 is 0 Å². The van der Waals surface area contributed by atoms with Crippen LogP contribution in [0.15, 0.2) is 4.79 Å². The number of aryl methyl sites for hydroxylation is 2. The van der Waals surface area contributed by atoms with Crippen molar-refractivity contribution in [3.05, 3.63) is 27.4 Å². The van der Waals surface area contributed by atoms with Crippen LogP contribution in [-0.2, 0) is 12.8 Å². The lowest BCUT2D eigenvalue weighted by molar-refractivity contribution is 0.458. The zero-order valence-electron chi connectivity index (χ0n) is 8.34. The smallest absolute Gasteiger partial charge is 0.254 e. The summed E-state index contributed by atoms with van der Waals surface area (Å²) in [5, 5.41) is 0. The van der Waals surface area contributed by atoms with E-state index in [2.05, 4.69) is 9.97 Å². The molecular formula is C10H15N3O. The summed E-state index contributed by atoms with van der Waals surface area (Å²) in [4.78, 5) is 18.7. The Hall–Kier alpha value is -1.16. The van der Waals surface area contributed by atoms with E-state index in [1.54, 1.807) is 0 Å². The van der Waals surface area contributed by atoms with Gasteiger partial charge in [-0.1, -0.05) is 0 Å². The summed E-state index contributed by atoms with van der Waals surface area (Å²) < 4.78 is 0. The van der Waals surface area contributed by atoms with Crippen LogP contribution in [0.25, 0.3) is 0 Å². The molecule has 1 unspecified atom stereocenters. The van der Waals surface area contributed by atoms with Crippen molar-refractivity contribution in [2.45, 2.75) is 26.2 Å². The van der Waals surface area contributed by atoms with Crippen molar-refractivity contribution >= 4 is 0 Å². The van der Waals surface area contributed by atoms with E-state index in [0.717, 1.165) is 30.5 Å². The van der Waals surface area contributed by atoms with E-state index in [1.165, 1.54) is 0 Å². The molecule has 0 saturated heterocycles. The first-order chi connectivity index (χ1) is 6.70. The monoisotopic (exact) mass is 193 g/mol. The fourth-order valence-corrected chi connectivity index (χ4v) is 2.02. The van der Waals surface area contributed by atoms with Gasteiger partial charge in [0.1, 0.15) is 5.82 Å². The first-order valence-corrected chi connectivity index (χ1v) is 4.99. The van der Waals surface area contributed by atoms with Gasteiger partial charge in [0.25, 0.3) is 5.56 Å². The summed E-state index contributed by atoms with van der Waals surface area (Å²) in [5.74, 6) is 1.16. The highest BCUT2D eigenvalue weighted by atomic mass is 16.1. The summed E-state index contributed by atoms with van der Waals surface area (Å²) in [7, 11) is 0. The second-order valence-corrected chi connectivity index (χ2v) is 3.92. The van der Waals surface area contributed by atoms with Crippen molar-refractivity contribution in [3.63, 3.8) is 0 Å². The van der Waals surface area contributed by atoms with Crippen molar-refractivity contribution in [1.82, 2.24) is 9.97 Å². The fraction of sp³-hybridized carbons (Fsp3) is 0.600. The van der Waals surface area contributed by atoms with E-state index in [4.69, 9.17) is 5.73 Å². The van der Waals surface area contributed by atoms with Crippen LogP contribution >= 0.6 is 0 Å². The number of aromatic amines is 1. The molecule has 1 aromatic rings. The minimum atomic E-state index is 0.0191. The number of nitrogens with one attached hydrogen (secondary N) is 1. The Balaban J connectivity index is 2.42. The standard InChI is InChI=1S/C10H15N3O/c1-6-12-9-3-2-7(5-11)4-8(9)10(14)13-6/h7H,2-5,11H2,1H3,(H,12,13,14). The first-order valence-electron chi connectivity index (χ1n) is 4.99. The van der Waals surface area contributed by atoms with Gasteiger partial charge in [-0.15, -0.1) is 0 Å². The van der Waals surface area contributed by atoms with Crippen LogP contribution in [0.3, 0.4) is 0 Å². The Morgan fingerprint density at radius 1 is 1.64 bits per heavy atom. The molecule has 0 aromatic carbocycles. The molecule has 0 aliphatic heterocycles. The largest absolute Gasteiger partial charge is 0.330 e. The first kappa shape index (κ1) is 9.40. The van der Waals surface area contributed by atoms with Gasteiger partial charge in [0.15, 0.2) is 0 Å². The molecule has 76 valence electrons. The van der Waals surface area contributed by atoms with Crippen LogP contribution in [0, 0.1) is 12.8 Å². The second kappa shape index (κ2) is 3.53. The number of rotatable bonds is 1. The maximum absolute atomic E-state index is 11.6. The van der Waals surface area contributed by atoms with Crippen molar-refractivity contribution < 1.29 is 0 Å². The Bertz CT molecular complexity index is 397. The lowest BCUT2D eigenvalue weighted by atomic mass is 9.87. The molecule has 0 spiro atoms. The molecule has 0 fully saturated rings. The van der Waals surface area contributed by atoms with Gasteiger partial charge in [-0.3, -0.25) is 4.79 Å².